The Balaban J connectivity index is 2.50. The van der Waals surface area contributed by atoms with E-state index in [0.717, 1.165) is 42.7 Å². The molecule has 0 N–H and O–H groups in total. The summed E-state index contributed by atoms with van der Waals surface area (Å²) >= 11 is 0. The van der Waals surface area contributed by atoms with Gasteiger partial charge in [0.15, 0.2) is 0 Å². The third-order valence-corrected chi connectivity index (χ3v) is 2.43. The van der Waals surface area contributed by atoms with Crippen LogP contribution in [0.25, 0.3) is 0 Å². The van der Waals surface area contributed by atoms with Crippen LogP contribution in [0.5, 0.6) is 5.75 Å². The summed E-state index contributed by atoms with van der Waals surface area (Å²) < 4.78 is 18.6. The van der Waals surface area contributed by atoms with Crippen molar-refractivity contribution in [2.45, 2.75) is 26.2 Å². The summed E-state index contributed by atoms with van der Waals surface area (Å²) in [7, 11) is 0. The molecule has 1 aliphatic heterocycles. The Kier molecular flexibility index (Phi) is 2.21. The molecule has 1 aromatic carbocycles. The van der Waals surface area contributed by atoms with E-state index in [1.54, 1.807) is 12.1 Å². The fraction of sp³-hybridized carbons (Fsp3) is 0.455. The van der Waals surface area contributed by atoms with Crippen molar-refractivity contribution < 1.29 is 9.13 Å². The van der Waals surface area contributed by atoms with Gasteiger partial charge in [0.05, 0.1) is 6.61 Å². The van der Waals surface area contributed by atoms with Crippen LogP contribution in [0.2, 0.25) is 0 Å². The van der Waals surface area contributed by atoms with Crippen molar-refractivity contribution in [3.05, 3.63) is 29.1 Å². The van der Waals surface area contributed by atoms with Crippen molar-refractivity contribution in [3.8, 4) is 5.75 Å². The molecule has 13 heavy (non-hydrogen) atoms. The number of ether oxygens (including phenoxy) is 1. The van der Waals surface area contributed by atoms with E-state index in [-0.39, 0.29) is 5.82 Å². The molecule has 1 heterocycles. The molecule has 0 fully saturated rings. The van der Waals surface area contributed by atoms with E-state index < -0.39 is 0 Å². The lowest BCUT2D eigenvalue weighted by Crippen LogP contribution is -2.10. The minimum Gasteiger partial charge on any atom is -0.493 e. The minimum absolute atomic E-state index is 0.138. The van der Waals surface area contributed by atoms with Gasteiger partial charge in [0, 0.05) is 0 Å². The highest BCUT2D eigenvalue weighted by molar-refractivity contribution is 5.43. The monoisotopic (exact) mass is 180 g/mol. The molecule has 0 unspecified atom stereocenters. The van der Waals surface area contributed by atoms with E-state index in [0.29, 0.717) is 0 Å². The Labute approximate surface area is 77.5 Å². The SMILES string of the molecule is CCc1cc(F)cc2c1OCCC2. The molecular formula is C11H13FO. The number of benzene rings is 1. The molecule has 0 aliphatic carbocycles. The second kappa shape index (κ2) is 3.36. The van der Waals surface area contributed by atoms with Gasteiger partial charge in [-0.2, -0.15) is 0 Å². The molecular weight excluding hydrogens is 167 g/mol. The van der Waals surface area contributed by atoms with Crippen molar-refractivity contribution in [1.29, 1.82) is 0 Å². The second-order valence-corrected chi connectivity index (χ2v) is 3.36. The van der Waals surface area contributed by atoms with Crippen molar-refractivity contribution in [2.24, 2.45) is 0 Å². The highest BCUT2D eigenvalue weighted by Gasteiger charge is 2.14. The number of aryl methyl sites for hydroxylation is 2. The normalized spacial score (nSPS) is 14.9. The van der Waals surface area contributed by atoms with Crippen LogP contribution in [0.3, 0.4) is 0 Å². The third-order valence-electron chi connectivity index (χ3n) is 2.43. The first-order chi connectivity index (χ1) is 6.31. The number of rotatable bonds is 1. The lowest BCUT2D eigenvalue weighted by atomic mass is 10.0. The Morgan fingerprint density at radius 1 is 1.46 bits per heavy atom. The first-order valence-corrected chi connectivity index (χ1v) is 4.75. The summed E-state index contributed by atoms with van der Waals surface area (Å²) in [6.45, 7) is 2.79. The van der Waals surface area contributed by atoms with Gasteiger partial charge in [-0.25, -0.2) is 4.39 Å². The van der Waals surface area contributed by atoms with E-state index in [4.69, 9.17) is 4.74 Å². The van der Waals surface area contributed by atoms with Gasteiger partial charge >= 0.3 is 0 Å². The maximum atomic E-state index is 13.1. The maximum absolute atomic E-state index is 13.1. The van der Waals surface area contributed by atoms with Crippen LogP contribution in [-0.2, 0) is 12.8 Å². The van der Waals surface area contributed by atoms with Gasteiger partial charge in [-0.1, -0.05) is 6.92 Å². The van der Waals surface area contributed by atoms with Gasteiger partial charge < -0.3 is 4.74 Å². The molecule has 0 radical (unpaired) electrons. The number of fused-ring (bicyclic) bond motifs is 1. The quantitative estimate of drug-likeness (QED) is 0.645. The number of halogens is 1. The number of hydrogen-bond acceptors (Lipinski definition) is 1. The lowest BCUT2D eigenvalue weighted by Gasteiger charge is -2.19. The predicted octanol–water partition coefficient (Wildman–Crippen LogP) is 2.71. The second-order valence-electron chi connectivity index (χ2n) is 3.36. The smallest absolute Gasteiger partial charge is 0.125 e. The number of hydrogen-bond donors (Lipinski definition) is 0. The first-order valence-electron chi connectivity index (χ1n) is 4.75. The summed E-state index contributed by atoms with van der Waals surface area (Å²) in [5.41, 5.74) is 2.03. The molecule has 0 spiro atoms. The Morgan fingerprint density at radius 3 is 3.08 bits per heavy atom. The van der Waals surface area contributed by atoms with Gasteiger partial charge in [-0.15, -0.1) is 0 Å². The van der Waals surface area contributed by atoms with Gasteiger partial charge in [0.2, 0.25) is 0 Å². The molecule has 2 rings (SSSR count). The first kappa shape index (κ1) is 8.54. The van der Waals surface area contributed by atoms with Gasteiger partial charge in [0.1, 0.15) is 11.6 Å². The summed E-state index contributed by atoms with van der Waals surface area (Å²) in [6, 6.07) is 3.16. The van der Waals surface area contributed by atoms with Crippen LogP contribution in [0.1, 0.15) is 24.5 Å². The summed E-state index contributed by atoms with van der Waals surface area (Å²) in [5.74, 6) is 0.788. The van der Waals surface area contributed by atoms with Crippen LogP contribution in [-0.4, -0.2) is 6.61 Å². The van der Waals surface area contributed by atoms with Gasteiger partial charge in [0.25, 0.3) is 0 Å². The van der Waals surface area contributed by atoms with Crippen molar-refractivity contribution in [2.75, 3.05) is 6.61 Å². The van der Waals surface area contributed by atoms with Gasteiger partial charge in [-0.3, -0.25) is 0 Å². The Morgan fingerprint density at radius 2 is 2.31 bits per heavy atom. The maximum Gasteiger partial charge on any atom is 0.125 e. The van der Waals surface area contributed by atoms with Crippen LogP contribution >= 0.6 is 0 Å². The molecule has 0 saturated heterocycles. The summed E-state index contributed by atoms with van der Waals surface area (Å²) in [5, 5.41) is 0. The molecule has 0 atom stereocenters. The molecule has 1 nitrogen and oxygen atoms in total. The minimum atomic E-state index is -0.138. The molecule has 1 aromatic rings. The molecule has 70 valence electrons. The van der Waals surface area contributed by atoms with Crippen molar-refractivity contribution in [3.63, 3.8) is 0 Å². The topological polar surface area (TPSA) is 9.23 Å². The van der Waals surface area contributed by atoms with E-state index in [2.05, 4.69) is 0 Å². The largest absolute Gasteiger partial charge is 0.493 e. The fourth-order valence-electron chi connectivity index (χ4n) is 1.78. The molecule has 2 heteroatoms. The molecule has 0 saturated carbocycles. The fourth-order valence-corrected chi connectivity index (χ4v) is 1.78. The van der Waals surface area contributed by atoms with E-state index in [1.807, 2.05) is 6.92 Å². The standard InChI is InChI=1S/C11H13FO/c1-2-8-6-10(12)7-9-4-3-5-13-11(8)9/h6-7H,2-5H2,1H3. The highest BCUT2D eigenvalue weighted by atomic mass is 19.1. The van der Waals surface area contributed by atoms with Crippen molar-refractivity contribution >= 4 is 0 Å². The Bertz CT molecular complexity index is 303. The van der Waals surface area contributed by atoms with E-state index in [9.17, 15) is 4.39 Å². The summed E-state index contributed by atoms with van der Waals surface area (Å²) in [6.07, 6.45) is 2.78. The zero-order chi connectivity index (χ0) is 9.26. The van der Waals surface area contributed by atoms with Crippen molar-refractivity contribution in [1.82, 2.24) is 0 Å². The molecule has 0 bridgehead atoms. The van der Waals surface area contributed by atoms with E-state index in [1.165, 1.54) is 0 Å². The molecule has 0 aromatic heterocycles. The van der Waals surface area contributed by atoms with Crippen LogP contribution in [0.15, 0.2) is 12.1 Å². The highest BCUT2D eigenvalue weighted by Crippen LogP contribution is 2.30. The lowest BCUT2D eigenvalue weighted by molar-refractivity contribution is 0.284. The van der Waals surface area contributed by atoms with Crippen LogP contribution < -0.4 is 4.74 Å². The van der Waals surface area contributed by atoms with Gasteiger partial charge in [-0.05, 0) is 42.5 Å². The zero-order valence-corrected chi connectivity index (χ0v) is 7.77. The van der Waals surface area contributed by atoms with Crippen LogP contribution in [0.4, 0.5) is 4.39 Å². The molecule has 0 amide bonds. The van der Waals surface area contributed by atoms with E-state index >= 15 is 0 Å². The zero-order valence-electron chi connectivity index (χ0n) is 7.77. The average Bonchev–Trinajstić information content (AvgIpc) is 2.16. The summed E-state index contributed by atoms with van der Waals surface area (Å²) in [4.78, 5) is 0. The molecule has 1 aliphatic rings. The predicted molar refractivity (Wildman–Crippen MR) is 49.6 cm³/mol. The average molecular weight is 180 g/mol. The van der Waals surface area contributed by atoms with Crippen LogP contribution in [0, 0.1) is 5.82 Å². The third kappa shape index (κ3) is 1.53. The Hall–Kier alpha value is -1.05.